The van der Waals surface area contributed by atoms with E-state index in [9.17, 15) is 18.4 Å². The Kier molecular flexibility index (Phi) is 6.73. The summed E-state index contributed by atoms with van der Waals surface area (Å²) in [4.78, 5) is 13.6. The third-order valence-corrected chi connectivity index (χ3v) is 8.82. The molecule has 2 aliphatic heterocycles. The van der Waals surface area contributed by atoms with Crippen LogP contribution in [0.15, 0.2) is 36.8 Å². The highest BCUT2D eigenvalue weighted by atomic mass is 19.4. The smallest absolute Gasteiger partial charge is 0.408 e. The molecule has 1 unspecified atom stereocenters. The Labute approximate surface area is 250 Å². The maximum absolute atomic E-state index is 13.0. The van der Waals surface area contributed by atoms with Crippen molar-refractivity contribution in [2.45, 2.75) is 45.6 Å². The first-order valence-electron chi connectivity index (χ1n) is 14.5. The number of aryl methyl sites for hydroxylation is 1. The second kappa shape index (κ2) is 10.5. The number of nitriles is 1. The molecule has 2 aliphatic rings. The average Bonchev–Trinajstić information content (AvgIpc) is 3.80. The van der Waals surface area contributed by atoms with E-state index in [-0.39, 0.29) is 11.1 Å². The first-order chi connectivity index (χ1) is 21.1. The van der Waals surface area contributed by atoms with E-state index in [1.54, 1.807) is 20.2 Å². The SMILES string of the molecule is COc1cc2c(cc1CN1CCC3(CCN(c4nc(C)nc5nn(CC(F)(F)F)cc45)C3)C1)cc(C#N)n2Cc1cn[nH]c1. The van der Waals surface area contributed by atoms with Crippen LogP contribution in [0.5, 0.6) is 5.75 Å². The number of nitrogens with zero attached hydrogens (tertiary/aromatic N) is 9. The number of benzene rings is 1. The van der Waals surface area contributed by atoms with E-state index in [2.05, 4.69) is 47.2 Å². The van der Waals surface area contributed by atoms with E-state index in [0.717, 1.165) is 71.5 Å². The largest absolute Gasteiger partial charge is 0.496 e. The van der Waals surface area contributed by atoms with Crippen molar-refractivity contribution in [3.05, 3.63) is 59.4 Å². The van der Waals surface area contributed by atoms with Crippen LogP contribution in [0.25, 0.3) is 21.9 Å². The van der Waals surface area contributed by atoms with Crippen LogP contribution < -0.4 is 9.64 Å². The number of ether oxygens (including phenoxy) is 1. The van der Waals surface area contributed by atoms with Crippen molar-refractivity contribution in [3.63, 3.8) is 0 Å². The number of anilines is 1. The van der Waals surface area contributed by atoms with E-state index >= 15 is 0 Å². The number of aromatic nitrogens is 7. The van der Waals surface area contributed by atoms with E-state index in [1.807, 2.05) is 22.9 Å². The maximum atomic E-state index is 13.0. The summed E-state index contributed by atoms with van der Waals surface area (Å²) in [6.07, 6.45) is 2.58. The Balaban J connectivity index is 1.10. The first kappa shape index (κ1) is 28.1. The fourth-order valence-electron chi connectivity index (χ4n) is 6.86. The van der Waals surface area contributed by atoms with Crippen LogP contribution in [-0.2, 0) is 19.6 Å². The molecule has 0 radical (unpaired) electrons. The summed E-state index contributed by atoms with van der Waals surface area (Å²) in [5, 5.41) is 22.3. The van der Waals surface area contributed by atoms with Crippen molar-refractivity contribution in [3.8, 4) is 11.8 Å². The van der Waals surface area contributed by atoms with Crippen molar-refractivity contribution >= 4 is 27.8 Å². The van der Waals surface area contributed by atoms with Gasteiger partial charge in [-0.05, 0) is 38.4 Å². The lowest BCUT2D eigenvalue weighted by molar-refractivity contribution is -0.142. The van der Waals surface area contributed by atoms with Crippen LogP contribution in [0, 0.1) is 23.7 Å². The number of halogens is 3. The summed E-state index contributed by atoms with van der Waals surface area (Å²) in [7, 11) is 1.67. The molecule has 1 atom stereocenters. The van der Waals surface area contributed by atoms with Gasteiger partial charge in [-0.1, -0.05) is 0 Å². The van der Waals surface area contributed by atoms with E-state index in [4.69, 9.17) is 4.74 Å². The number of alkyl halides is 3. The Morgan fingerprint density at radius 3 is 2.70 bits per heavy atom. The lowest BCUT2D eigenvalue weighted by Gasteiger charge is -2.26. The van der Waals surface area contributed by atoms with Gasteiger partial charge in [0.05, 0.1) is 30.8 Å². The van der Waals surface area contributed by atoms with Crippen LogP contribution in [0.1, 0.15) is 35.5 Å². The predicted molar refractivity (Wildman–Crippen MR) is 156 cm³/mol. The molecule has 1 aromatic carbocycles. The van der Waals surface area contributed by atoms with Crippen molar-refractivity contribution in [2.75, 3.05) is 38.2 Å². The van der Waals surface area contributed by atoms with Crippen molar-refractivity contribution in [2.24, 2.45) is 5.41 Å². The summed E-state index contributed by atoms with van der Waals surface area (Å²) in [5.74, 6) is 1.91. The van der Waals surface area contributed by atoms with Gasteiger partial charge in [0, 0.05) is 66.6 Å². The van der Waals surface area contributed by atoms with E-state index < -0.39 is 12.7 Å². The predicted octanol–water partition coefficient (Wildman–Crippen LogP) is 4.41. The molecule has 44 heavy (non-hydrogen) atoms. The van der Waals surface area contributed by atoms with Crippen LogP contribution in [0.2, 0.25) is 0 Å². The molecule has 6 heterocycles. The Morgan fingerprint density at radius 1 is 1.11 bits per heavy atom. The highest BCUT2D eigenvalue weighted by Crippen LogP contribution is 2.43. The van der Waals surface area contributed by atoms with Crippen LogP contribution in [0.3, 0.4) is 0 Å². The monoisotopic (exact) mass is 604 g/mol. The number of aromatic amines is 1. The standard InChI is InChI=1S/C30H31F3N10O/c1-19-37-27-24(15-42(39-27)18-30(31,32)33)28(38-19)41-6-4-29(17-41)3-5-40(16-29)14-22-7-21-8-23(10-34)43(13-20-11-35-36-12-20)25(21)9-26(22)44-2/h7-9,11-12,15H,3-6,13-14,16-18H2,1-2H3,(H,35,36). The van der Waals surface area contributed by atoms with E-state index in [1.165, 1.54) is 6.20 Å². The highest BCUT2D eigenvalue weighted by Gasteiger charge is 2.44. The van der Waals surface area contributed by atoms with E-state index in [0.29, 0.717) is 35.8 Å². The van der Waals surface area contributed by atoms with Gasteiger partial charge >= 0.3 is 6.18 Å². The van der Waals surface area contributed by atoms with Crippen molar-refractivity contribution < 1.29 is 17.9 Å². The van der Waals surface area contributed by atoms with Gasteiger partial charge in [0.15, 0.2) is 5.65 Å². The molecule has 5 aromatic rings. The number of hydrogen-bond donors (Lipinski definition) is 1. The molecule has 14 heteroatoms. The lowest BCUT2D eigenvalue weighted by Crippen LogP contribution is -2.31. The number of nitrogens with one attached hydrogen (secondary N) is 1. The summed E-state index contributed by atoms with van der Waals surface area (Å²) in [6.45, 7) is 5.14. The summed E-state index contributed by atoms with van der Waals surface area (Å²) < 4.78 is 47.8. The molecule has 228 valence electrons. The molecule has 2 fully saturated rings. The van der Waals surface area contributed by atoms with Crippen LogP contribution in [0.4, 0.5) is 19.0 Å². The number of likely N-dealkylation sites (tertiary alicyclic amines) is 1. The summed E-state index contributed by atoms with van der Waals surface area (Å²) in [5.41, 5.74) is 3.87. The molecule has 7 rings (SSSR count). The maximum Gasteiger partial charge on any atom is 0.408 e. The minimum absolute atomic E-state index is 0.0480. The second-order valence-electron chi connectivity index (χ2n) is 12.0. The van der Waals surface area contributed by atoms with Gasteiger partial charge in [0.25, 0.3) is 0 Å². The molecule has 1 spiro atoms. The quantitative estimate of drug-likeness (QED) is 0.291. The fraction of sp³-hybridized carbons (Fsp3) is 0.433. The molecule has 11 nitrogen and oxygen atoms in total. The molecule has 0 saturated carbocycles. The van der Waals surface area contributed by atoms with Crippen LogP contribution >= 0.6 is 0 Å². The molecule has 4 aromatic heterocycles. The zero-order chi connectivity index (χ0) is 30.6. The molecule has 0 aliphatic carbocycles. The van der Waals surface area contributed by atoms with Gasteiger partial charge in [-0.25, -0.2) is 9.97 Å². The molecule has 0 amide bonds. The molecule has 1 N–H and O–H groups in total. The number of fused-ring (bicyclic) bond motifs is 2. The zero-order valence-electron chi connectivity index (χ0n) is 24.4. The van der Waals surface area contributed by atoms with Gasteiger partial charge in [0.2, 0.25) is 0 Å². The highest BCUT2D eigenvalue weighted by molar-refractivity contribution is 5.87. The lowest BCUT2D eigenvalue weighted by atomic mass is 9.86. The minimum atomic E-state index is -4.37. The number of rotatable bonds is 7. The third kappa shape index (κ3) is 5.21. The van der Waals surface area contributed by atoms with Gasteiger partial charge in [-0.15, -0.1) is 0 Å². The molecule has 0 bridgehead atoms. The normalized spacial score (nSPS) is 19.1. The van der Waals surface area contributed by atoms with Crippen molar-refractivity contribution in [1.82, 2.24) is 39.4 Å². The molecule has 2 saturated heterocycles. The topological polar surface area (TPSA) is 117 Å². The Hall–Kier alpha value is -4.64. The second-order valence-corrected chi connectivity index (χ2v) is 12.0. The fourth-order valence-corrected chi connectivity index (χ4v) is 6.86. The summed E-state index contributed by atoms with van der Waals surface area (Å²) >= 11 is 0. The number of methoxy groups -OCH3 is 1. The third-order valence-electron chi connectivity index (χ3n) is 8.82. The van der Waals surface area contributed by atoms with Gasteiger partial charge < -0.3 is 14.2 Å². The van der Waals surface area contributed by atoms with Gasteiger partial charge in [-0.2, -0.15) is 28.6 Å². The molecular formula is C30H31F3N10O. The Bertz CT molecular complexity index is 1890. The number of H-pyrrole nitrogens is 1. The summed E-state index contributed by atoms with van der Waals surface area (Å²) in [6, 6.07) is 8.36. The van der Waals surface area contributed by atoms with Crippen LogP contribution in [-0.4, -0.2) is 78.9 Å². The van der Waals surface area contributed by atoms with Crippen molar-refractivity contribution in [1.29, 1.82) is 5.26 Å². The van der Waals surface area contributed by atoms with Gasteiger partial charge in [-0.3, -0.25) is 14.7 Å². The number of hydrogen-bond acceptors (Lipinski definition) is 8. The average molecular weight is 605 g/mol. The first-order valence-corrected chi connectivity index (χ1v) is 14.5. The molecular weight excluding hydrogens is 573 g/mol. The minimum Gasteiger partial charge on any atom is -0.496 e. The Morgan fingerprint density at radius 2 is 1.95 bits per heavy atom. The zero-order valence-corrected chi connectivity index (χ0v) is 24.4. The van der Waals surface area contributed by atoms with Gasteiger partial charge in [0.1, 0.15) is 35.7 Å².